The SMILES string of the molecule is CCCCNc1nc(C)nc2ccn(Cc3ccccc3OCC)c12. The predicted molar refractivity (Wildman–Crippen MR) is 102 cm³/mol. The molecular weight excluding hydrogens is 312 g/mol. The number of benzene rings is 1. The molecule has 0 spiro atoms. The van der Waals surface area contributed by atoms with Crippen LogP contribution in [0.15, 0.2) is 36.5 Å². The Balaban J connectivity index is 1.97. The first-order valence-corrected chi connectivity index (χ1v) is 9.01. The molecule has 0 atom stereocenters. The van der Waals surface area contributed by atoms with Crippen LogP contribution < -0.4 is 10.1 Å². The molecule has 0 bridgehead atoms. The Labute approximate surface area is 149 Å². The van der Waals surface area contributed by atoms with E-state index in [0.29, 0.717) is 6.61 Å². The van der Waals surface area contributed by atoms with Crippen molar-refractivity contribution in [3.05, 3.63) is 47.9 Å². The predicted octanol–water partition coefficient (Wildman–Crippen LogP) is 4.40. The number of aromatic nitrogens is 3. The van der Waals surface area contributed by atoms with Crippen LogP contribution in [0.25, 0.3) is 11.0 Å². The van der Waals surface area contributed by atoms with E-state index in [4.69, 9.17) is 4.74 Å². The summed E-state index contributed by atoms with van der Waals surface area (Å²) in [7, 11) is 0. The van der Waals surface area contributed by atoms with Crippen LogP contribution in [0.2, 0.25) is 0 Å². The van der Waals surface area contributed by atoms with E-state index in [1.807, 2.05) is 32.0 Å². The van der Waals surface area contributed by atoms with E-state index in [1.165, 1.54) is 0 Å². The van der Waals surface area contributed by atoms with E-state index < -0.39 is 0 Å². The molecule has 0 unspecified atom stereocenters. The second-order valence-corrected chi connectivity index (χ2v) is 6.12. The van der Waals surface area contributed by atoms with Gasteiger partial charge in [-0.3, -0.25) is 0 Å². The van der Waals surface area contributed by atoms with Gasteiger partial charge >= 0.3 is 0 Å². The van der Waals surface area contributed by atoms with Crippen molar-refractivity contribution in [1.29, 1.82) is 0 Å². The fourth-order valence-electron chi connectivity index (χ4n) is 2.98. The fraction of sp³-hybridized carbons (Fsp3) is 0.400. The summed E-state index contributed by atoms with van der Waals surface area (Å²) in [5, 5.41) is 3.48. The first-order valence-electron chi connectivity index (χ1n) is 9.01. The lowest BCUT2D eigenvalue weighted by Crippen LogP contribution is -2.08. The van der Waals surface area contributed by atoms with E-state index in [9.17, 15) is 0 Å². The zero-order chi connectivity index (χ0) is 17.6. The van der Waals surface area contributed by atoms with E-state index in [2.05, 4.69) is 45.1 Å². The highest BCUT2D eigenvalue weighted by atomic mass is 16.5. The monoisotopic (exact) mass is 338 g/mol. The third kappa shape index (κ3) is 3.92. The zero-order valence-corrected chi connectivity index (χ0v) is 15.2. The summed E-state index contributed by atoms with van der Waals surface area (Å²) >= 11 is 0. The molecule has 25 heavy (non-hydrogen) atoms. The van der Waals surface area contributed by atoms with Crippen molar-refractivity contribution >= 4 is 16.9 Å². The number of anilines is 1. The van der Waals surface area contributed by atoms with Gasteiger partial charge in [-0.15, -0.1) is 0 Å². The fourth-order valence-corrected chi connectivity index (χ4v) is 2.98. The lowest BCUT2D eigenvalue weighted by atomic mass is 10.2. The van der Waals surface area contributed by atoms with E-state index >= 15 is 0 Å². The summed E-state index contributed by atoms with van der Waals surface area (Å²) in [6.45, 7) is 8.45. The lowest BCUT2D eigenvalue weighted by molar-refractivity contribution is 0.336. The molecule has 1 aromatic carbocycles. The second kappa shape index (κ2) is 8.01. The molecule has 0 radical (unpaired) electrons. The first kappa shape index (κ1) is 17.3. The van der Waals surface area contributed by atoms with E-state index in [0.717, 1.165) is 59.9 Å². The summed E-state index contributed by atoms with van der Waals surface area (Å²) < 4.78 is 7.96. The van der Waals surface area contributed by atoms with E-state index in [1.54, 1.807) is 0 Å². The smallest absolute Gasteiger partial charge is 0.154 e. The van der Waals surface area contributed by atoms with Crippen LogP contribution in [0.1, 0.15) is 38.1 Å². The Morgan fingerprint density at radius 1 is 1.12 bits per heavy atom. The molecule has 0 saturated heterocycles. The van der Waals surface area contributed by atoms with E-state index in [-0.39, 0.29) is 0 Å². The molecule has 5 nitrogen and oxygen atoms in total. The van der Waals surface area contributed by atoms with Crippen molar-refractivity contribution in [3.63, 3.8) is 0 Å². The summed E-state index contributed by atoms with van der Waals surface area (Å²) in [4.78, 5) is 9.21. The van der Waals surface area contributed by atoms with Crippen molar-refractivity contribution < 1.29 is 4.74 Å². The van der Waals surface area contributed by atoms with Crippen LogP contribution in [0, 0.1) is 6.92 Å². The van der Waals surface area contributed by atoms with Crippen molar-refractivity contribution in [3.8, 4) is 5.75 Å². The molecular formula is C20H26N4O. The van der Waals surface area contributed by atoms with Crippen molar-refractivity contribution in [2.24, 2.45) is 0 Å². The van der Waals surface area contributed by atoms with Gasteiger partial charge in [0.05, 0.1) is 18.7 Å². The Morgan fingerprint density at radius 3 is 2.76 bits per heavy atom. The Kier molecular flexibility index (Phi) is 5.53. The van der Waals surface area contributed by atoms with Gasteiger partial charge in [-0.2, -0.15) is 0 Å². The molecule has 0 aliphatic heterocycles. The number of para-hydroxylation sites is 1. The van der Waals surface area contributed by atoms with Crippen LogP contribution in [0.4, 0.5) is 5.82 Å². The number of ether oxygens (including phenoxy) is 1. The van der Waals surface area contributed by atoms with Gasteiger partial charge in [0.2, 0.25) is 0 Å². The van der Waals surface area contributed by atoms with Crippen molar-refractivity contribution in [1.82, 2.24) is 14.5 Å². The number of nitrogens with zero attached hydrogens (tertiary/aromatic N) is 3. The highest BCUT2D eigenvalue weighted by molar-refractivity contribution is 5.86. The molecule has 2 heterocycles. The number of rotatable bonds is 8. The maximum Gasteiger partial charge on any atom is 0.154 e. The Bertz CT molecular complexity index is 841. The average Bonchev–Trinajstić information content (AvgIpc) is 3.00. The topological polar surface area (TPSA) is 52.0 Å². The zero-order valence-electron chi connectivity index (χ0n) is 15.2. The summed E-state index contributed by atoms with van der Waals surface area (Å²) in [5.41, 5.74) is 3.18. The van der Waals surface area contributed by atoms with Crippen molar-refractivity contribution in [2.75, 3.05) is 18.5 Å². The number of fused-ring (bicyclic) bond motifs is 1. The van der Waals surface area contributed by atoms with Gasteiger partial charge in [-0.25, -0.2) is 9.97 Å². The standard InChI is InChI=1S/C20H26N4O/c1-4-6-12-21-20-19-17(22-15(3)23-20)11-13-24(19)14-16-9-7-8-10-18(16)25-5-2/h7-11,13H,4-6,12,14H2,1-3H3,(H,21,22,23). The third-order valence-electron chi connectivity index (χ3n) is 4.16. The minimum atomic E-state index is 0.662. The second-order valence-electron chi connectivity index (χ2n) is 6.12. The average molecular weight is 338 g/mol. The van der Waals surface area contributed by atoms with Gasteiger partial charge in [0.1, 0.15) is 17.1 Å². The number of hydrogen-bond donors (Lipinski definition) is 1. The van der Waals surface area contributed by atoms with Gasteiger partial charge in [0, 0.05) is 18.3 Å². The van der Waals surface area contributed by atoms with Crippen LogP contribution >= 0.6 is 0 Å². The minimum Gasteiger partial charge on any atom is -0.494 e. The molecule has 0 aliphatic carbocycles. The Morgan fingerprint density at radius 2 is 1.96 bits per heavy atom. The van der Waals surface area contributed by atoms with Gasteiger partial charge in [0.15, 0.2) is 5.82 Å². The number of nitrogens with one attached hydrogen (secondary N) is 1. The lowest BCUT2D eigenvalue weighted by Gasteiger charge is -2.14. The third-order valence-corrected chi connectivity index (χ3v) is 4.16. The molecule has 0 amide bonds. The molecule has 132 valence electrons. The molecule has 0 aliphatic rings. The number of unbranched alkanes of at least 4 members (excludes halogenated alkanes) is 1. The van der Waals surface area contributed by atoms with Crippen LogP contribution in [0.5, 0.6) is 5.75 Å². The molecule has 0 saturated carbocycles. The molecule has 5 heteroatoms. The molecule has 3 rings (SSSR count). The largest absolute Gasteiger partial charge is 0.494 e. The summed E-state index contributed by atoms with van der Waals surface area (Å²) in [5.74, 6) is 2.63. The quantitative estimate of drug-likeness (QED) is 0.619. The highest BCUT2D eigenvalue weighted by Gasteiger charge is 2.12. The number of hydrogen-bond acceptors (Lipinski definition) is 4. The highest BCUT2D eigenvalue weighted by Crippen LogP contribution is 2.25. The van der Waals surface area contributed by atoms with Crippen LogP contribution in [-0.4, -0.2) is 27.7 Å². The molecule has 1 N–H and O–H groups in total. The maximum atomic E-state index is 5.77. The summed E-state index contributed by atoms with van der Waals surface area (Å²) in [6.07, 6.45) is 4.36. The van der Waals surface area contributed by atoms with Gasteiger partial charge < -0.3 is 14.6 Å². The van der Waals surface area contributed by atoms with Crippen LogP contribution in [0.3, 0.4) is 0 Å². The summed E-state index contributed by atoms with van der Waals surface area (Å²) in [6, 6.07) is 10.2. The molecule has 3 aromatic rings. The van der Waals surface area contributed by atoms with Gasteiger partial charge in [0.25, 0.3) is 0 Å². The molecule has 0 fully saturated rings. The Hall–Kier alpha value is -2.56. The maximum absolute atomic E-state index is 5.77. The number of aryl methyl sites for hydroxylation is 1. The van der Waals surface area contributed by atoms with Gasteiger partial charge in [-0.1, -0.05) is 31.5 Å². The normalized spacial score (nSPS) is 11.0. The van der Waals surface area contributed by atoms with Crippen LogP contribution in [-0.2, 0) is 6.54 Å². The first-order chi connectivity index (χ1) is 12.2. The van der Waals surface area contributed by atoms with Gasteiger partial charge in [-0.05, 0) is 32.4 Å². The van der Waals surface area contributed by atoms with Crippen molar-refractivity contribution in [2.45, 2.75) is 40.2 Å². The minimum absolute atomic E-state index is 0.662. The molecule has 2 aromatic heterocycles.